The maximum atomic E-state index is 6.10. The van der Waals surface area contributed by atoms with Gasteiger partial charge in [-0.2, -0.15) is 0 Å². The predicted octanol–water partition coefficient (Wildman–Crippen LogP) is 2.37. The van der Waals surface area contributed by atoms with E-state index in [2.05, 4.69) is 5.32 Å². The molecule has 2 saturated carbocycles. The number of nitrogens with one attached hydrogen (secondary N) is 1. The van der Waals surface area contributed by atoms with Gasteiger partial charge in [0.1, 0.15) is 0 Å². The molecule has 1 heterocycles. The molecule has 3 fully saturated rings. The van der Waals surface area contributed by atoms with Crippen LogP contribution in [0.15, 0.2) is 35.3 Å². The lowest BCUT2D eigenvalue weighted by Gasteiger charge is -2.61. The normalized spacial score (nSPS) is 34.2. The van der Waals surface area contributed by atoms with Crippen LogP contribution in [0.1, 0.15) is 25.7 Å². The lowest BCUT2D eigenvalue weighted by atomic mass is 9.46. The largest absolute Gasteiger partial charge is 0.377 e. The second-order valence-corrected chi connectivity index (χ2v) is 6.28. The molecule has 0 radical (unpaired) electrons. The van der Waals surface area contributed by atoms with E-state index in [-0.39, 0.29) is 0 Å². The first kappa shape index (κ1) is 12.2. The minimum absolute atomic E-state index is 0.310. The molecule has 3 unspecified atom stereocenters. The summed E-state index contributed by atoms with van der Waals surface area (Å²) < 4.78 is 5.91. The Morgan fingerprint density at radius 3 is 2.80 bits per heavy atom. The first-order valence-corrected chi connectivity index (χ1v) is 7.56. The van der Waals surface area contributed by atoms with Crippen LogP contribution in [0.2, 0.25) is 0 Å². The number of para-hydroxylation sites is 1. The first-order chi connectivity index (χ1) is 9.79. The highest BCUT2D eigenvalue weighted by molar-refractivity contribution is 5.92. The van der Waals surface area contributed by atoms with Gasteiger partial charge in [0, 0.05) is 23.6 Å². The van der Waals surface area contributed by atoms with E-state index in [1.165, 1.54) is 19.3 Å². The number of hydrogen-bond acceptors (Lipinski definition) is 2. The summed E-state index contributed by atoms with van der Waals surface area (Å²) in [7, 11) is 0. The Hall–Kier alpha value is -1.55. The third kappa shape index (κ3) is 1.67. The van der Waals surface area contributed by atoms with E-state index in [0.29, 0.717) is 29.4 Å². The smallest absolute Gasteiger partial charge is 0.193 e. The second-order valence-electron chi connectivity index (χ2n) is 6.28. The molecule has 0 amide bonds. The van der Waals surface area contributed by atoms with Crippen molar-refractivity contribution in [1.82, 2.24) is 0 Å². The van der Waals surface area contributed by atoms with Gasteiger partial charge in [-0.15, -0.1) is 0 Å². The van der Waals surface area contributed by atoms with Gasteiger partial charge in [0.15, 0.2) is 5.96 Å². The van der Waals surface area contributed by atoms with Crippen molar-refractivity contribution in [3.63, 3.8) is 0 Å². The summed E-state index contributed by atoms with van der Waals surface area (Å²) >= 11 is 0. The van der Waals surface area contributed by atoms with Gasteiger partial charge in [-0.1, -0.05) is 24.6 Å². The average molecular weight is 271 g/mol. The van der Waals surface area contributed by atoms with Crippen LogP contribution < -0.4 is 11.1 Å². The van der Waals surface area contributed by atoms with Crippen molar-refractivity contribution in [2.24, 2.45) is 22.1 Å². The molecule has 4 heteroatoms. The van der Waals surface area contributed by atoms with Crippen LogP contribution in [0.3, 0.4) is 0 Å². The number of benzene rings is 1. The van der Waals surface area contributed by atoms with E-state index in [4.69, 9.17) is 15.5 Å². The van der Waals surface area contributed by atoms with E-state index < -0.39 is 0 Å². The SMILES string of the molecule is NC(=NC1C2CCOC2C12CCC2)Nc1ccccc1. The van der Waals surface area contributed by atoms with E-state index in [1.54, 1.807) is 0 Å². The van der Waals surface area contributed by atoms with Gasteiger partial charge >= 0.3 is 0 Å². The van der Waals surface area contributed by atoms with E-state index in [9.17, 15) is 0 Å². The number of guanidine groups is 1. The van der Waals surface area contributed by atoms with E-state index in [1.807, 2.05) is 30.3 Å². The van der Waals surface area contributed by atoms with Crippen LogP contribution in [0.5, 0.6) is 0 Å². The number of anilines is 1. The number of hydrogen-bond donors (Lipinski definition) is 2. The quantitative estimate of drug-likeness (QED) is 0.641. The zero-order valence-electron chi connectivity index (χ0n) is 11.6. The summed E-state index contributed by atoms with van der Waals surface area (Å²) in [6, 6.07) is 10.3. The molecular formula is C16H21N3O. The van der Waals surface area contributed by atoms with Gasteiger partial charge in [-0.25, -0.2) is 4.99 Å². The summed E-state index contributed by atoms with van der Waals surface area (Å²) in [6.45, 7) is 0.898. The zero-order chi connectivity index (χ0) is 13.6. The number of nitrogens with zero attached hydrogens (tertiary/aromatic N) is 1. The van der Waals surface area contributed by atoms with Crippen LogP contribution in [0, 0.1) is 11.3 Å². The molecule has 1 aromatic carbocycles. The Balaban J connectivity index is 1.51. The van der Waals surface area contributed by atoms with Crippen molar-refractivity contribution in [3.8, 4) is 0 Å². The van der Waals surface area contributed by atoms with Crippen LogP contribution in [0.4, 0.5) is 5.69 Å². The number of fused-ring (bicyclic) bond motifs is 2. The molecule has 1 aromatic rings. The lowest BCUT2D eigenvalue weighted by Crippen LogP contribution is -2.65. The fourth-order valence-corrected chi connectivity index (χ4v) is 4.24. The Morgan fingerprint density at radius 2 is 2.10 bits per heavy atom. The topological polar surface area (TPSA) is 59.6 Å². The summed E-state index contributed by atoms with van der Waals surface area (Å²) in [5.41, 5.74) is 7.40. The molecule has 3 atom stereocenters. The monoisotopic (exact) mass is 271 g/mol. The fraction of sp³-hybridized carbons (Fsp3) is 0.562. The molecule has 106 valence electrons. The van der Waals surface area contributed by atoms with Gasteiger partial charge in [0.05, 0.1) is 12.1 Å². The van der Waals surface area contributed by atoms with Crippen molar-refractivity contribution < 1.29 is 4.74 Å². The Morgan fingerprint density at radius 1 is 1.30 bits per heavy atom. The van der Waals surface area contributed by atoms with Crippen molar-refractivity contribution in [2.75, 3.05) is 11.9 Å². The molecule has 2 aliphatic carbocycles. The third-order valence-electron chi connectivity index (χ3n) is 5.31. The highest BCUT2D eigenvalue weighted by atomic mass is 16.5. The van der Waals surface area contributed by atoms with Crippen molar-refractivity contribution in [1.29, 1.82) is 0 Å². The van der Waals surface area contributed by atoms with Crippen LogP contribution >= 0.6 is 0 Å². The highest BCUT2D eigenvalue weighted by Crippen LogP contribution is 2.64. The second kappa shape index (κ2) is 4.48. The van der Waals surface area contributed by atoms with Crippen LogP contribution in [-0.2, 0) is 4.74 Å². The van der Waals surface area contributed by atoms with Crippen LogP contribution in [-0.4, -0.2) is 24.7 Å². The molecule has 0 aromatic heterocycles. The predicted molar refractivity (Wildman–Crippen MR) is 79.6 cm³/mol. The number of aliphatic imine (C=N–C) groups is 1. The summed E-state index contributed by atoms with van der Waals surface area (Å²) in [5.74, 6) is 1.13. The van der Waals surface area contributed by atoms with Gasteiger partial charge in [0.2, 0.25) is 0 Å². The lowest BCUT2D eigenvalue weighted by molar-refractivity contribution is -0.164. The Labute approximate surface area is 119 Å². The number of ether oxygens (including phenoxy) is 1. The van der Waals surface area contributed by atoms with Gasteiger partial charge < -0.3 is 15.8 Å². The summed E-state index contributed by atoms with van der Waals surface area (Å²) in [5, 5.41) is 3.19. The molecule has 20 heavy (non-hydrogen) atoms. The first-order valence-electron chi connectivity index (χ1n) is 7.56. The molecule has 1 saturated heterocycles. The van der Waals surface area contributed by atoms with Crippen molar-refractivity contribution in [2.45, 2.75) is 37.8 Å². The highest BCUT2D eigenvalue weighted by Gasteiger charge is 2.66. The molecule has 4 rings (SSSR count). The maximum Gasteiger partial charge on any atom is 0.193 e. The standard InChI is InChI=1S/C16H21N3O/c17-15(18-11-5-2-1-3-6-11)19-13-12-7-10-20-14(12)16(13)8-4-9-16/h1-3,5-6,12-14H,4,7-10H2,(H3,17,18,19). The summed E-state index contributed by atoms with van der Waals surface area (Å²) in [4.78, 5) is 4.80. The minimum atomic E-state index is 0.310. The van der Waals surface area contributed by atoms with E-state index in [0.717, 1.165) is 18.7 Å². The van der Waals surface area contributed by atoms with Crippen molar-refractivity contribution >= 4 is 11.6 Å². The number of rotatable bonds is 2. The summed E-state index contributed by atoms with van der Waals surface area (Å²) in [6.07, 6.45) is 5.40. The maximum absolute atomic E-state index is 6.10. The average Bonchev–Trinajstić information content (AvgIpc) is 2.81. The third-order valence-corrected chi connectivity index (χ3v) is 5.31. The van der Waals surface area contributed by atoms with Gasteiger partial charge in [-0.3, -0.25) is 0 Å². The fourth-order valence-electron chi connectivity index (χ4n) is 4.24. The van der Waals surface area contributed by atoms with Gasteiger partial charge in [-0.05, 0) is 31.4 Å². The zero-order valence-corrected chi connectivity index (χ0v) is 11.6. The molecule has 1 spiro atoms. The molecule has 1 aliphatic heterocycles. The Bertz CT molecular complexity index is 524. The van der Waals surface area contributed by atoms with E-state index >= 15 is 0 Å². The van der Waals surface area contributed by atoms with Gasteiger partial charge in [0.25, 0.3) is 0 Å². The molecule has 3 aliphatic rings. The molecule has 3 N–H and O–H groups in total. The minimum Gasteiger partial charge on any atom is -0.377 e. The van der Waals surface area contributed by atoms with Crippen molar-refractivity contribution in [3.05, 3.63) is 30.3 Å². The molecule has 4 nitrogen and oxygen atoms in total. The Kier molecular flexibility index (Phi) is 2.74. The number of nitrogens with two attached hydrogens (primary N) is 1. The molecule has 0 bridgehead atoms. The molecular weight excluding hydrogens is 250 g/mol. The van der Waals surface area contributed by atoms with Crippen LogP contribution in [0.25, 0.3) is 0 Å².